The highest BCUT2D eigenvalue weighted by atomic mass is 32.1. The van der Waals surface area contributed by atoms with Crippen molar-refractivity contribution in [1.82, 2.24) is 10.3 Å². The number of amides is 2. The molecule has 0 radical (unpaired) electrons. The van der Waals surface area contributed by atoms with E-state index < -0.39 is 18.0 Å². The number of cyclic esters (lactones) is 1. The molecule has 2 fully saturated rings. The summed E-state index contributed by atoms with van der Waals surface area (Å²) >= 11 is 1.59. The molecule has 37 heavy (non-hydrogen) atoms. The van der Waals surface area contributed by atoms with Gasteiger partial charge in [-0.1, -0.05) is 24.3 Å². The number of ether oxygens (including phenoxy) is 2. The lowest BCUT2D eigenvalue weighted by Crippen LogP contribution is -2.33. The van der Waals surface area contributed by atoms with E-state index in [-0.39, 0.29) is 25.1 Å². The van der Waals surface area contributed by atoms with Crippen molar-refractivity contribution in [2.45, 2.75) is 38.4 Å². The molecule has 0 bridgehead atoms. The van der Waals surface area contributed by atoms with E-state index in [4.69, 9.17) is 9.47 Å². The maximum Gasteiger partial charge on any atom is 0.414 e. The number of hydrogen-bond acceptors (Lipinski definition) is 7. The molecular formula is C27H29FN4O4S. The van der Waals surface area contributed by atoms with Crippen LogP contribution in [0.4, 0.5) is 20.0 Å². The van der Waals surface area contributed by atoms with Gasteiger partial charge in [-0.15, -0.1) is 11.3 Å². The van der Waals surface area contributed by atoms with E-state index in [1.807, 2.05) is 29.6 Å². The molecule has 2 saturated heterocycles. The summed E-state index contributed by atoms with van der Waals surface area (Å²) in [6, 6.07) is 12.5. The van der Waals surface area contributed by atoms with Crippen LogP contribution in [0.25, 0.3) is 11.1 Å². The quantitative estimate of drug-likeness (QED) is 0.425. The number of thiazole rings is 1. The third-order valence-electron chi connectivity index (χ3n) is 6.42. The Morgan fingerprint density at radius 1 is 1.19 bits per heavy atom. The van der Waals surface area contributed by atoms with Gasteiger partial charge >= 0.3 is 6.09 Å². The first-order valence-corrected chi connectivity index (χ1v) is 13.2. The Balaban J connectivity index is 1.19. The predicted octanol–water partition coefficient (Wildman–Crippen LogP) is 4.59. The van der Waals surface area contributed by atoms with Gasteiger partial charge in [-0.25, -0.2) is 14.2 Å². The molecule has 0 aliphatic carbocycles. The Bertz CT molecular complexity index is 1260. The van der Waals surface area contributed by atoms with Gasteiger partial charge in [0.15, 0.2) is 5.13 Å². The zero-order valence-electron chi connectivity index (χ0n) is 20.5. The van der Waals surface area contributed by atoms with Crippen molar-refractivity contribution in [3.05, 3.63) is 64.9 Å². The summed E-state index contributed by atoms with van der Waals surface area (Å²) in [4.78, 5) is 29.4. The fourth-order valence-electron chi connectivity index (χ4n) is 4.49. The summed E-state index contributed by atoms with van der Waals surface area (Å²) in [5, 5.41) is 8.94. The van der Waals surface area contributed by atoms with Crippen LogP contribution in [-0.2, 0) is 20.7 Å². The summed E-state index contributed by atoms with van der Waals surface area (Å²) in [6.45, 7) is 3.49. The normalized spacial score (nSPS) is 19.2. The average Bonchev–Trinajstić information content (AvgIpc) is 3.64. The number of carbonyl (C=O) groups excluding carboxylic acids is 2. The van der Waals surface area contributed by atoms with Crippen LogP contribution in [0, 0.1) is 5.82 Å². The number of halogens is 1. The van der Waals surface area contributed by atoms with E-state index in [0.29, 0.717) is 17.7 Å². The Hall–Kier alpha value is -3.50. The summed E-state index contributed by atoms with van der Waals surface area (Å²) < 4.78 is 26.0. The first kappa shape index (κ1) is 25.2. The third kappa shape index (κ3) is 6.26. The molecule has 5 rings (SSSR count). The monoisotopic (exact) mass is 524 g/mol. The molecule has 2 N–H and O–H groups in total. The smallest absolute Gasteiger partial charge is 0.414 e. The average molecular weight is 525 g/mol. The molecule has 194 valence electrons. The molecule has 1 aromatic heterocycles. The van der Waals surface area contributed by atoms with Gasteiger partial charge in [0.1, 0.15) is 11.9 Å². The van der Waals surface area contributed by atoms with E-state index in [0.717, 1.165) is 47.9 Å². The molecule has 0 saturated carbocycles. The number of aromatic nitrogens is 1. The largest absolute Gasteiger partial charge is 0.442 e. The second-order valence-electron chi connectivity index (χ2n) is 9.25. The maximum atomic E-state index is 15.0. The molecule has 8 nitrogen and oxygen atoms in total. The van der Waals surface area contributed by atoms with Gasteiger partial charge in [-0.2, -0.15) is 0 Å². The van der Waals surface area contributed by atoms with Gasteiger partial charge < -0.3 is 20.1 Å². The fraction of sp³-hybridized carbons (Fsp3) is 0.370. The van der Waals surface area contributed by atoms with Gasteiger partial charge in [0.2, 0.25) is 5.91 Å². The first-order chi connectivity index (χ1) is 17.9. The summed E-state index contributed by atoms with van der Waals surface area (Å²) in [6.07, 6.45) is 2.14. The second kappa shape index (κ2) is 11.3. The fourth-order valence-corrected chi connectivity index (χ4v) is 5.21. The number of nitrogens with one attached hydrogen (secondary N) is 2. The second-order valence-corrected chi connectivity index (χ2v) is 10.1. The van der Waals surface area contributed by atoms with Crippen LogP contribution in [0.3, 0.4) is 0 Å². The molecule has 1 unspecified atom stereocenters. The van der Waals surface area contributed by atoms with E-state index in [9.17, 15) is 9.59 Å². The molecule has 2 atom stereocenters. The Morgan fingerprint density at radius 3 is 2.76 bits per heavy atom. The summed E-state index contributed by atoms with van der Waals surface area (Å²) in [5.74, 6) is -0.626. The maximum absolute atomic E-state index is 15.0. The minimum absolute atomic E-state index is 0.200. The molecule has 2 aliphatic rings. The number of benzene rings is 2. The Labute approximate surface area is 218 Å². The Morgan fingerprint density at radius 2 is 2.03 bits per heavy atom. The molecule has 3 heterocycles. The van der Waals surface area contributed by atoms with Crippen LogP contribution in [-0.4, -0.2) is 55.4 Å². The molecular weight excluding hydrogens is 495 g/mol. The number of carbonyl (C=O) groups is 2. The summed E-state index contributed by atoms with van der Waals surface area (Å²) in [7, 11) is 0. The van der Waals surface area contributed by atoms with E-state index >= 15 is 4.39 Å². The van der Waals surface area contributed by atoms with Crippen molar-refractivity contribution in [3.8, 4) is 11.1 Å². The van der Waals surface area contributed by atoms with E-state index in [1.165, 1.54) is 17.9 Å². The number of anilines is 2. The summed E-state index contributed by atoms with van der Waals surface area (Å²) in [5.41, 5.74) is 3.68. The van der Waals surface area contributed by atoms with Crippen LogP contribution < -0.4 is 15.5 Å². The SMILES string of the molecule is CC(=O)NC[C@H]1CN(c2ccc(-c3ccc(Cc4csc(NCC5CCCO5)n4)cc3)c(F)c2)C(=O)O1. The van der Waals surface area contributed by atoms with Crippen molar-refractivity contribution in [2.75, 3.05) is 36.5 Å². The Kier molecular flexibility index (Phi) is 7.66. The molecule has 0 spiro atoms. The zero-order chi connectivity index (χ0) is 25.8. The van der Waals surface area contributed by atoms with Crippen molar-refractivity contribution < 1.29 is 23.5 Å². The lowest BCUT2D eigenvalue weighted by Gasteiger charge is -2.14. The predicted molar refractivity (Wildman–Crippen MR) is 141 cm³/mol. The van der Waals surface area contributed by atoms with Crippen LogP contribution in [0.1, 0.15) is 31.0 Å². The number of nitrogens with zero attached hydrogens (tertiary/aromatic N) is 2. The molecule has 2 aromatic carbocycles. The topological polar surface area (TPSA) is 92.8 Å². The van der Waals surface area contributed by atoms with Gasteiger partial charge in [0.25, 0.3) is 0 Å². The highest BCUT2D eigenvalue weighted by Gasteiger charge is 2.32. The van der Waals surface area contributed by atoms with Gasteiger partial charge in [-0.3, -0.25) is 9.69 Å². The van der Waals surface area contributed by atoms with Crippen molar-refractivity contribution in [2.24, 2.45) is 0 Å². The first-order valence-electron chi connectivity index (χ1n) is 12.4. The highest BCUT2D eigenvalue weighted by molar-refractivity contribution is 7.13. The van der Waals surface area contributed by atoms with Crippen LogP contribution in [0.15, 0.2) is 47.8 Å². The third-order valence-corrected chi connectivity index (χ3v) is 7.27. The lowest BCUT2D eigenvalue weighted by atomic mass is 10.0. The van der Waals surface area contributed by atoms with Gasteiger partial charge in [-0.05, 0) is 42.2 Å². The minimum atomic E-state index is -0.556. The zero-order valence-corrected chi connectivity index (χ0v) is 21.4. The number of hydrogen-bond donors (Lipinski definition) is 2. The van der Waals surface area contributed by atoms with Gasteiger partial charge in [0, 0.05) is 37.4 Å². The standard InChI is InChI=1S/C27H29FN4O4S/c1-17(33)29-14-23-15-32(27(34)36-23)21-8-9-24(25(28)12-21)19-6-4-18(5-7-19)11-20-16-37-26(31-20)30-13-22-3-2-10-35-22/h4-9,12,16,22-23H,2-3,10-11,13-15H2,1H3,(H,29,33)(H,30,31)/t22?,23-/m0/s1. The van der Waals surface area contributed by atoms with Crippen molar-refractivity contribution in [3.63, 3.8) is 0 Å². The van der Waals surface area contributed by atoms with E-state index in [2.05, 4.69) is 15.6 Å². The minimum Gasteiger partial charge on any atom is -0.442 e. The molecule has 2 aliphatic heterocycles. The van der Waals surface area contributed by atoms with Crippen LogP contribution >= 0.6 is 11.3 Å². The highest BCUT2D eigenvalue weighted by Crippen LogP contribution is 2.30. The molecule has 2 amide bonds. The van der Waals surface area contributed by atoms with Crippen LogP contribution in [0.2, 0.25) is 0 Å². The van der Waals surface area contributed by atoms with Crippen molar-refractivity contribution in [1.29, 1.82) is 0 Å². The van der Waals surface area contributed by atoms with E-state index in [1.54, 1.807) is 23.5 Å². The van der Waals surface area contributed by atoms with Crippen LogP contribution in [0.5, 0.6) is 0 Å². The lowest BCUT2D eigenvalue weighted by molar-refractivity contribution is -0.119. The number of rotatable bonds is 9. The van der Waals surface area contributed by atoms with Crippen molar-refractivity contribution >= 4 is 34.2 Å². The van der Waals surface area contributed by atoms with Gasteiger partial charge in [0.05, 0.1) is 30.6 Å². The molecule has 10 heteroatoms. The molecule has 3 aromatic rings.